The summed E-state index contributed by atoms with van der Waals surface area (Å²) in [5.41, 5.74) is 2.84. The summed E-state index contributed by atoms with van der Waals surface area (Å²) in [6, 6.07) is 8.31. The molecule has 6 nitrogen and oxygen atoms in total. The van der Waals surface area contributed by atoms with Crippen molar-refractivity contribution in [2.45, 2.75) is 32.4 Å². The molecule has 0 spiro atoms. The van der Waals surface area contributed by atoms with Gasteiger partial charge in [0.2, 0.25) is 0 Å². The number of aromatic nitrogens is 1. The maximum Gasteiger partial charge on any atom is 0.145 e. The summed E-state index contributed by atoms with van der Waals surface area (Å²) in [6.45, 7) is 4.26. The second-order valence-corrected chi connectivity index (χ2v) is 6.82. The van der Waals surface area contributed by atoms with Crippen LogP contribution >= 0.6 is 0 Å². The molecule has 1 aliphatic heterocycles. The van der Waals surface area contributed by atoms with Crippen molar-refractivity contribution < 1.29 is 14.9 Å². The van der Waals surface area contributed by atoms with E-state index in [9.17, 15) is 10.2 Å². The van der Waals surface area contributed by atoms with E-state index in [1.165, 1.54) is 18.4 Å². The molecule has 1 aromatic heterocycles. The lowest BCUT2D eigenvalue weighted by Gasteiger charge is -2.26. The fraction of sp³-hybridized carbons (Fsp3) is 0.429. The van der Waals surface area contributed by atoms with Gasteiger partial charge in [-0.3, -0.25) is 14.9 Å². The Morgan fingerprint density at radius 1 is 1.26 bits per heavy atom. The Kier molecular flexibility index (Phi) is 6.42. The predicted molar refractivity (Wildman–Crippen MR) is 106 cm³/mol. The summed E-state index contributed by atoms with van der Waals surface area (Å²) < 4.78 is 5.26. The molecule has 2 heterocycles. The number of aliphatic hydroxyl groups excluding tert-OH is 1. The van der Waals surface area contributed by atoms with Crippen molar-refractivity contribution >= 4 is 6.21 Å². The van der Waals surface area contributed by atoms with Gasteiger partial charge in [0.15, 0.2) is 0 Å². The van der Waals surface area contributed by atoms with Crippen molar-refractivity contribution in [3.8, 4) is 11.5 Å². The van der Waals surface area contributed by atoms with E-state index in [2.05, 4.69) is 27.0 Å². The third kappa shape index (κ3) is 4.46. The number of hydrogen-bond acceptors (Lipinski definition) is 6. The molecule has 2 aromatic rings. The smallest absolute Gasteiger partial charge is 0.145 e. The summed E-state index contributed by atoms with van der Waals surface area (Å²) >= 11 is 0. The Bertz CT molecular complexity index is 784. The second kappa shape index (κ2) is 8.97. The molecule has 1 fully saturated rings. The van der Waals surface area contributed by atoms with Crippen molar-refractivity contribution in [1.82, 2.24) is 9.88 Å². The molecule has 0 saturated carbocycles. The molecule has 0 amide bonds. The highest BCUT2D eigenvalue weighted by atomic mass is 16.5. The fourth-order valence-electron chi connectivity index (χ4n) is 3.48. The van der Waals surface area contributed by atoms with Crippen LogP contribution in [0.3, 0.4) is 0 Å². The van der Waals surface area contributed by atoms with Crippen LogP contribution in [-0.2, 0) is 6.61 Å². The summed E-state index contributed by atoms with van der Waals surface area (Å²) in [5, 5.41) is 19.8. The van der Waals surface area contributed by atoms with Gasteiger partial charge in [0, 0.05) is 23.5 Å². The van der Waals surface area contributed by atoms with Crippen LogP contribution in [0, 0.1) is 6.92 Å². The number of hydrogen-bond donors (Lipinski definition) is 2. The molecule has 0 bridgehead atoms. The van der Waals surface area contributed by atoms with E-state index in [-0.39, 0.29) is 18.4 Å². The molecule has 0 aliphatic carbocycles. The number of aromatic hydroxyl groups is 1. The Hall–Kier alpha value is -2.44. The SMILES string of the molecule is COc1ccc([C@@H](CN=Cc2c(CO)cnc(C)c2O)N2CCCC2)cc1. The van der Waals surface area contributed by atoms with Gasteiger partial charge in [-0.1, -0.05) is 12.1 Å². The van der Waals surface area contributed by atoms with Gasteiger partial charge in [-0.05, 0) is 50.6 Å². The molecule has 144 valence electrons. The normalized spacial score (nSPS) is 16.1. The minimum Gasteiger partial charge on any atom is -0.505 e. The third-order valence-electron chi connectivity index (χ3n) is 5.11. The molecule has 3 rings (SSSR count). The number of nitrogens with zero attached hydrogens (tertiary/aromatic N) is 3. The molecule has 27 heavy (non-hydrogen) atoms. The van der Waals surface area contributed by atoms with E-state index >= 15 is 0 Å². The first-order valence-electron chi connectivity index (χ1n) is 9.30. The maximum atomic E-state index is 10.3. The first-order chi connectivity index (χ1) is 13.1. The van der Waals surface area contributed by atoms with Gasteiger partial charge in [0.1, 0.15) is 11.5 Å². The van der Waals surface area contributed by atoms with Crippen molar-refractivity contribution in [2.75, 3.05) is 26.7 Å². The first-order valence-corrected chi connectivity index (χ1v) is 9.30. The fourth-order valence-corrected chi connectivity index (χ4v) is 3.48. The summed E-state index contributed by atoms with van der Waals surface area (Å²) in [6.07, 6.45) is 5.64. The van der Waals surface area contributed by atoms with Gasteiger partial charge in [-0.2, -0.15) is 0 Å². The third-order valence-corrected chi connectivity index (χ3v) is 5.11. The van der Waals surface area contributed by atoms with Crippen LogP contribution in [0.25, 0.3) is 0 Å². The quantitative estimate of drug-likeness (QED) is 0.734. The topological polar surface area (TPSA) is 78.2 Å². The van der Waals surface area contributed by atoms with E-state index < -0.39 is 0 Å². The number of likely N-dealkylation sites (tertiary alicyclic amines) is 1. The number of aliphatic hydroxyl groups is 1. The van der Waals surface area contributed by atoms with Gasteiger partial charge in [-0.15, -0.1) is 0 Å². The average molecular weight is 369 g/mol. The molecule has 6 heteroatoms. The van der Waals surface area contributed by atoms with Crippen molar-refractivity contribution in [3.63, 3.8) is 0 Å². The van der Waals surface area contributed by atoms with Crippen LogP contribution in [0.1, 0.15) is 41.3 Å². The summed E-state index contributed by atoms with van der Waals surface area (Å²) in [4.78, 5) is 11.2. The maximum absolute atomic E-state index is 10.3. The number of pyridine rings is 1. The zero-order valence-corrected chi connectivity index (χ0v) is 15.9. The average Bonchev–Trinajstić information content (AvgIpc) is 3.23. The molecular weight excluding hydrogens is 342 g/mol. The van der Waals surface area contributed by atoms with Crippen LogP contribution in [-0.4, -0.2) is 53.1 Å². The largest absolute Gasteiger partial charge is 0.505 e. The lowest BCUT2D eigenvalue weighted by atomic mass is 10.1. The predicted octanol–water partition coefficient (Wildman–Crippen LogP) is 2.85. The second-order valence-electron chi connectivity index (χ2n) is 6.82. The highest BCUT2D eigenvalue weighted by Gasteiger charge is 2.23. The summed E-state index contributed by atoms with van der Waals surface area (Å²) in [7, 11) is 1.67. The van der Waals surface area contributed by atoms with Gasteiger partial charge < -0.3 is 14.9 Å². The lowest BCUT2D eigenvalue weighted by Crippen LogP contribution is -2.27. The lowest BCUT2D eigenvalue weighted by molar-refractivity contribution is 0.252. The zero-order valence-electron chi connectivity index (χ0n) is 15.9. The number of benzene rings is 1. The van der Waals surface area contributed by atoms with E-state index in [1.807, 2.05) is 12.1 Å². The molecule has 1 aromatic carbocycles. The Balaban J connectivity index is 1.82. The zero-order chi connectivity index (χ0) is 19.2. The van der Waals surface area contributed by atoms with E-state index in [4.69, 9.17) is 4.74 Å². The van der Waals surface area contributed by atoms with Crippen LogP contribution in [0.15, 0.2) is 35.5 Å². The number of methoxy groups -OCH3 is 1. The van der Waals surface area contributed by atoms with Crippen LogP contribution in [0.4, 0.5) is 0 Å². The van der Waals surface area contributed by atoms with Gasteiger partial charge in [0.05, 0.1) is 32.0 Å². The number of aliphatic imine (C=N–C) groups is 1. The molecule has 2 N–H and O–H groups in total. The molecule has 0 unspecified atom stereocenters. The summed E-state index contributed by atoms with van der Waals surface area (Å²) in [5.74, 6) is 0.916. The molecular formula is C21H27N3O3. The Labute approximate surface area is 160 Å². The number of aryl methyl sites for hydroxylation is 1. The highest BCUT2D eigenvalue weighted by Crippen LogP contribution is 2.27. The van der Waals surface area contributed by atoms with E-state index in [0.29, 0.717) is 23.4 Å². The van der Waals surface area contributed by atoms with Crippen molar-refractivity contribution in [3.05, 3.63) is 52.8 Å². The standard InChI is InChI=1S/C21H27N3O3/c1-15-21(26)19(17(14-25)11-23-15)12-22-13-20(24-9-3-4-10-24)16-5-7-18(27-2)8-6-16/h5-8,11-12,20,25-26H,3-4,9-10,13-14H2,1-2H3/t20-/m1/s1. The van der Waals surface area contributed by atoms with E-state index in [0.717, 1.165) is 18.8 Å². The van der Waals surface area contributed by atoms with Crippen LogP contribution in [0.2, 0.25) is 0 Å². The minimum absolute atomic E-state index is 0.0764. The molecule has 1 aliphatic rings. The molecule has 1 atom stereocenters. The Morgan fingerprint density at radius 2 is 1.96 bits per heavy atom. The first kappa shape index (κ1) is 19.3. The molecule has 1 saturated heterocycles. The van der Waals surface area contributed by atoms with Crippen LogP contribution in [0.5, 0.6) is 11.5 Å². The van der Waals surface area contributed by atoms with Gasteiger partial charge in [0.25, 0.3) is 0 Å². The number of ether oxygens (including phenoxy) is 1. The highest BCUT2D eigenvalue weighted by molar-refractivity contribution is 5.85. The Morgan fingerprint density at radius 3 is 2.59 bits per heavy atom. The monoisotopic (exact) mass is 369 g/mol. The van der Waals surface area contributed by atoms with Gasteiger partial charge >= 0.3 is 0 Å². The number of rotatable bonds is 7. The molecule has 0 radical (unpaired) electrons. The van der Waals surface area contributed by atoms with E-state index in [1.54, 1.807) is 26.4 Å². The van der Waals surface area contributed by atoms with Crippen LogP contribution < -0.4 is 4.74 Å². The minimum atomic E-state index is -0.184. The van der Waals surface area contributed by atoms with Crippen molar-refractivity contribution in [2.24, 2.45) is 4.99 Å². The van der Waals surface area contributed by atoms with Gasteiger partial charge in [-0.25, -0.2) is 0 Å². The van der Waals surface area contributed by atoms with Crippen molar-refractivity contribution in [1.29, 1.82) is 0 Å².